The van der Waals surface area contributed by atoms with Crippen LogP contribution in [0.5, 0.6) is 0 Å². The lowest BCUT2D eigenvalue weighted by molar-refractivity contribution is 0.445. The van der Waals surface area contributed by atoms with Crippen LogP contribution in [0.3, 0.4) is 0 Å². The van der Waals surface area contributed by atoms with Crippen LogP contribution < -0.4 is 5.32 Å². The van der Waals surface area contributed by atoms with Gasteiger partial charge in [0, 0.05) is 0 Å². The smallest absolute Gasteiger partial charge is 0.00142 e. The summed E-state index contributed by atoms with van der Waals surface area (Å²) in [7, 11) is 0. The van der Waals surface area contributed by atoms with Gasteiger partial charge >= 0.3 is 0 Å². The summed E-state index contributed by atoms with van der Waals surface area (Å²) in [6.45, 7) is 6.95. The predicted molar refractivity (Wildman–Crippen MR) is 65.2 cm³/mol. The van der Waals surface area contributed by atoms with E-state index < -0.39 is 0 Å². The van der Waals surface area contributed by atoms with E-state index in [2.05, 4.69) is 43.4 Å². The molecule has 0 saturated carbocycles. The van der Waals surface area contributed by atoms with Crippen molar-refractivity contribution in [2.24, 2.45) is 5.92 Å². The molecule has 0 bridgehead atoms. The highest BCUT2D eigenvalue weighted by atomic mass is 14.9. The summed E-state index contributed by atoms with van der Waals surface area (Å²) in [4.78, 5) is 0. The van der Waals surface area contributed by atoms with Gasteiger partial charge < -0.3 is 5.32 Å². The third-order valence-corrected chi connectivity index (χ3v) is 3.70. The van der Waals surface area contributed by atoms with Crippen LogP contribution in [-0.4, -0.2) is 13.1 Å². The molecule has 0 radical (unpaired) electrons. The number of benzene rings is 1. The maximum absolute atomic E-state index is 3.48. The van der Waals surface area contributed by atoms with E-state index in [0.29, 0.717) is 0 Å². The molecule has 2 atom stereocenters. The lowest BCUT2D eigenvalue weighted by atomic mass is 9.82. The molecule has 1 aromatic carbocycles. The molecule has 1 saturated heterocycles. The Balaban J connectivity index is 2.22. The Morgan fingerprint density at radius 1 is 1.40 bits per heavy atom. The van der Waals surface area contributed by atoms with Crippen LogP contribution in [0, 0.1) is 12.8 Å². The lowest BCUT2D eigenvalue weighted by Gasteiger charge is -2.23. The first kappa shape index (κ1) is 10.7. The fourth-order valence-corrected chi connectivity index (χ4v) is 2.83. The van der Waals surface area contributed by atoms with E-state index in [4.69, 9.17) is 0 Å². The summed E-state index contributed by atoms with van der Waals surface area (Å²) >= 11 is 0. The van der Waals surface area contributed by atoms with E-state index in [-0.39, 0.29) is 0 Å². The highest BCUT2D eigenvalue weighted by Crippen LogP contribution is 2.33. The quantitative estimate of drug-likeness (QED) is 0.796. The van der Waals surface area contributed by atoms with Gasteiger partial charge in [-0.05, 0) is 55.8 Å². The summed E-state index contributed by atoms with van der Waals surface area (Å²) in [5, 5.41) is 3.48. The first-order valence-electron chi connectivity index (χ1n) is 6.09. The van der Waals surface area contributed by atoms with Gasteiger partial charge in [0.2, 0.25) is 0 Å². The van der Waals surface area contributed by atoms with Crippen molar-refractivity contribution in [1.82, 2.24) is 5.32 Å². The standard InChI is InChI=1S/C14H21N/c1-3-13(12-8-9-15-10-12)14-7-5-4-6-11(14)2/h4-7,12-13,15H,3,8-10H2,1-2H3. The Bertz CT molecular complexity index is 313. The van der Waals surface area contributed by atoms with E-state index in [9.17, 15) is 0 Å². The van der Waals surface area contributed by atoms with Crippen LogP contribution in [-0.2, 0) is 0 Å². The van der Waals surface area contributed by atoms with Gasteiger partial charge in [0.1, 0.15) is 0 Å². The Labute approximate surface area is 92.9 Å². The van der Waals surface area contributed by atoms with Crippen molar-refractivity contribution < 1.29 is 0 Å². The van der Waals surface area contributed by atoms with Crippen LogP contribution in [0.2, 0.25) is 0 Å². The third kappa shape index (κ3) is 2.23. The van der Waals surface area contributed by atoms with Gasteiger partial charge in [-0.1, -0.05) is 31.2 Å². The molecule has 1 aliphatic heterocycles. The zero-order chi connectivity index (χ0) is 10.7. The van der Waals surface area contributed by atoms with Gasteiger partial charge in [-0.3, -0.25) is 0 Å². The van der Waals surface area contributed by atoms with Crippen molar-refractivity contribution in [3.8, 4) is 0 Å². The van der Waals surface area contributed by atoms with Crippen LogP contribution in [0.4, 0.5) is 0 Å². The van der Waals surface area contributed by atoms with E-state index in [1.54, 1.807) is 5.56 Å². The highest BCUT2D eigenvalue weighted by Gasteiger charge is 2.25. The van der Waals surface area contributed by atoms with Gasteiger partial charge in [0.25, 0.3) is 0 Å². The van der Waals surface area contributed by atoms with Crippen molar-refractivity contribution in [2.45, 2.75) is 32.6 Å². The topological polar surface area (TPSA) is 12.0 Å². The van der Waals surface area contributed by atoms with Crippen LogP contribution in [0.25, 0.3) is 0 Å². The number of aryl methyl sites for hydroxylation is 1. The fraction of sp³-hybridized carbons (Fsp3) is 0.571. The van der Waals surface area contributed by atoms with Gasteiger partial charge in [0.05, 0.1) is 0 Å². The number of hydrogen-bond acceptors (Lipinski definition) is 1. The SMILES string of the molecule is CCC(c1ccccc1C)C1CCNC1. The maximum atomic E-state index is 3.48. The first-order valence-corrected chi connectivity index (χ1v) is 6.09. The minimum atomic E-state index is 0.751. The molecule has 15 heavy (non-hydrogen) atoms. The summed E-state index contributed by atoms with van der Waals surface area (Å²) in [6, 6.07) is 8.86. The molecule has 1 heteroatoms. The second kappa shape index (κ2) is 4.80. The van der Waals surface area contributed by atoms with Crippen molar-refractivity contribution in [3.05, 3.63) is 35.4 Å². The Morgan fingerprint density at radius 2 is 2.20 bits per heavy atom. The second-order valence-corrected chi connectivity index (χ2v) is 4.62. The summed E-state index contributed by atoms with van der Waals surface area (Å²) < 4.78 is 0. The number of nitrogens with one attached hydrogen (secondary N) is 1. The zero-order valence-electron chi connectivity index (χ0n) is 9.79. The molecule has 1 fully saturated rings. The fourth-order valence-electron chi connectivity index (χ4n) is 2.83. The maximum Gasteiger partial charge on any atom is -0.00142 e. The van der Waals surface area contributed by atoms with Gasteiger partial charge in [0.15, 0.2) is 0 Å². The van der Waals surface area contributed by atoms with Gasteiger partial charge in [-0.2, -0.15) is 0 Å². The van der Waals surface area contributed by atoms with Crippen molar-refractivity contribution in [2.75, 3.05) is 13.1 Å². The molecule has 0 aromatic heterocycles. The highest BCUT2D eigenvalue weighted by molar-refractivity contribution is 5.29. The molecular weight excluding hydrogens is 182 g/mol. The van der Waals surface area contributed by atoms with E-state index in [1.165, 1.54) is 31.5 Å². The molecule has 0 amide bonds. The average molecular weight is 203 g/mol. The lowest BCUT2D eigenvalue weighted by Crippen LogP contribution is -2.16. The average Bonchev–Trinajstić information content (AvgIpc) is 2.75. The molecule has 1 aliphatic rings. The normalized spacial score (nSPS) is 22.9. The molecule has 0 spiro atoms. The second-order valence-electron chi connectivity index (χ2n) is 4.62. The van der Waals surface area contributed by atoms with Crippen molar-refractivity contribution in [3.63, 3.8) is 0 Å². The Hall–Kier alpha value is -0.820. The Kier molecular flexibility index (Phi) is 3.42. The van der Waals surface area contributed by atoms with Crippen LogP contribution in [0.1, 0.15) is 36.8 Å². The Morgan fingerprint density at radius 3 is 2.80 bits per heavy atom. The van der Waals surface area contributed by atoms with Crippen molar-refractivity contribution >= 4 is 0 Å². The molecule has 2 rings (SSSR count). The zero-order valence-corrected chi connectivity index (χ0v) is 9.79. The van der Waals surface area contributed by atoms with Crippen molar-refractivity contribution in [1.29, 1.82) is 0 Å². The monoisotopic (exact) mass is 203 g/mol. The van der Waals surface area contributed by atoms with E-state index in [1.807, 2.05) is 0 Å². The molecule has 0 aliphatic carbocycles. The largest absolute Gasteiger partial charge is 0.316 e. The summed E-state index contributed by atoms with van der Waals surface area (Å²) in [5.41, 5.74) is 3.02. The third-order valence-electron chi connectivity index (χ3n) is 3.70. The van der Waals surface area contributed by atoms with Crippen LogP contribution >= 0.6 is 0 Å². The van der Waals surface area contributed by atoms with Gasteiger partial charge in [-0.15, -0.1) is 0 Å². The first-order chi connectivity index (χ1) is 7.33. The number of rotatable bonds is 3. The molecule has 1 N–H and O–H groups in total. The molecule has 1 aromatic rings. The molecular formula is C14H21N. The molecule has 2 unspecified atom stereocenters. The summed E-state index contributed by atoms with van der Waals surface area (Å²) in [6.07, 6.45) is 2.60. The van der Waals surface area contributed by atoms with Gasteiger partial charge in [-0.25, -0.2) is 0 Å². The minimum absolute atomic E-state index is 0.751. The minimum Gasteiger partial charge on any atom is -0.316 e. The summed E-state index contributed by atoms with van der Waals surface area (Å²) in [5.74, 6) is 1.59. The molecule has 1 heterocycles. The predicted octanol–water partition coefficient (Wildman–Crippen LogP) is 3.10. The molecule has 82 valence electrons. The van der Waals surface area contributed by atoms with E-state index in [0.717, 1.165) is 11.8 Å². The van der Waals surface area contributed by atoms with Crippen LogP contribution in [0.15, 0.2) is 24.3 Å². The van der Waals surface area contributed by atoms with E-state index >= 15 is 0 Å². The molecule has 1 nitrogen and oxygen atoms in total. The number of hydrogen-bond donors (Lipinski definition) is 1.